The van der Waals surface area contributed by atoms with Gasteiger partial charge in [-0.25, -0.2) is 14.8 Å². The number of rotatable bonds is 2. The van der Waals surface area contributed by atoms with E-state index in [1.807, 2.05) is 0 Å². The zero-order valence-electron chi connectivity index (χ0n) is 7.19. The fourth-order valence-electron chi connectivity index (χ4n) is 1.12. The molecule has 0 atom stereocenters. The molecule has 72 valence electrons. The molecule has 0 aromatic carbocycles. The number of hydrogen-bond donors (Lipinski definition) is 3. The van der Waals surface area contributed by atoms with E-state index in [1.165, 1.54) is 6.20 Å². The zero-order valence-corrected chi connectivity index (χ0v) is 7.19. The van der Waals surface area contributed by atoms with Gasteiger partial charge >= 0.3 is 6.09 Å². The Morgan fingerprint density at radius 3 is 3.29 bits per heavy atom. The summed E-state index contributed by atoms with van der Waals surface area (Å²) in [5.74, 6) is 0. The highest BCUT2D eigenvalue weighted by atomic mass is 16.4. The van der Waals surface area contributed by atoms with Gasteiger partial charge in [0, 0.05) is 6.20 Å². The lowest BCUT2D eigenvalue weighted by atomic mass is 10.4. The molecule has 0 fully saturated rings. The molecule has 6 heteroatoms. The number of fused-ring (bicyclic) bond motifs is 1. The Morgan fingerprint density at radius 2 is 2.50 bits per heavy atom. The second-order valence-corrected chi connectivity index (χ2v) is 2.73. The molecular formula is C8H8N4O2. The van der Waals surface area contributed by atoms with E-state index in [4.69, 9.17) is 5.11 Å². The zero-order chi connectivity index (χ0) is 9.97. The van der Waals surface area contributed by atoms with Gasteiger partial charge in [0.2, 0.25) is 0 Å². The second kappa shape index (κ2) is 3.33. The molecular weight excluding hydrogens is 184 g/mol. The van der Waals surface area contributed by atoms with Crippen LogP contribution in [0.3, 0.4) is 0 Å². The van der Waals surface area contributed by atoms with Gasteiger partial charge in [0.05, 0.1) is 18.4 Å². The van der Waals surface area contributed by atoms with Crippen LogP contribution in [0.25, 0.3) is 11.2 Å². The van der Waals surface area contributed by atoms with Gasteiger partial charge in [0.25, 0.3) is 0 Å². The molecule has 0 bridgehead atoms. The van der Waals surface area contributed by atoms with E-state index >= 15 is 0 Å². The number of aromatic amines is 1. The van der Waals surface area contributed by atoms with Crippen molar-refractivity contribution in [3.63, 3.8) is 0 Å². The standard InChI is InChI=1S/C8H8N4O2/c13-8(14)11-4-5-3-10-7-6(12-5)1-2-9-7/h1-3,11H,4H2,(H,9,10)(H,13,14). The van der Waals surface area contributed by atoms with Gasteiger partial charge in [0.1, 0.15) is 5.52 Å². The lowest BCUT2D eigenvalue weighted by Gasteiger charge is -1.99. The maximum absolute atomic E-state index is 10.2. The Kier molecular flexibility index (Phi) is 2.02. The van der Waals surface area contributed by atoms with Crippen LogP contribution in [0.4, 0.5) is 4.79 Å². The molecule has 2 rings (SSSR count). The molecule has 0 saturated heterocycles. The first-order valence-corrected chi connectivity index (χ1v) is 4.01. The van der Waals surface area contributed by atoms with Crippen LogP contribution in [-0.4, -0.2) is 26.2 Å². The molecule has 0 aliphatic heterocycles. The molecule has 14 heavy (non-hydrogen) atoms. The summed E-state index contributed by atoms with van der Waals surface area (Å²) in [5.41, 5.74) is 2.03. The number of H-pyrrole nitrogens is 1. The number of amides is 1. The largest absolute Gasteiger partial charge is 0.465 e. The van der Waals surface area contributed by atoms with Gasteiger partial charge in [-0.3, -0.25) is 0 Å². The van der Waals surface area contributed by atoms with E-state index in [0.717, 1.165) is 5.52 Å². The number of carbonyl (C=O) groups is 1. The maximum Gasteiger partial charge on any atom is 0.404 e. The van der Waals surface area contributed by atoms with Crippen molar-refractivity contribution in [3.05, 3.63) is 24.2 Å². The van der Waals surface area contributed by atoms with Crippen LogP contribution in [0.5, 0.6) is 0 Å². The lowest BCUT2D eigenvalue weighted by molar-refractivity contribution is 0.194. The van der Waals surface area contributed by atoms with E-state index in [-0.39, 0.29) is 6.54 Å². The van der Waals surface area contributed by atoms with Crippen LogP contribution in [0.1, 0.15) is 5.69 Å². The molecule has 0 spiro atoms. The normalized spacial score (nSPS) is 10.3. The Hall–Kier alpha value is -2.11. The van der Waals surface area contributed by atoms with Crippen LogP contribution in [0.2, 0.25) is 0 Å². The van der Waals surface area contributed by atoms with Gasteiger partial charge in [-0.15, -0.1) is 0 Å². The summed E-state index contributed by atoms with van der Waals surface area (Å²) in [7, 11) is 0. The predicted octanol–water partition coefficient (Wildman–Crippen LogP) is 0.726. The highest BCUT2D eigenvalue weighted by Crippen LogP contribution is 2.05. The summed E-state index contributed by atoms with van der Waals surface area (Å²) in [5, 5.41) is 10.6. The molecule has 2 aromatic rings. The summed E-state index contributed by atoms with van der Waals surface area (Å²) < 4.78 is 0. The number of nitrogens with zero attached hydrogens (tertiary/aromatic N) is 2. The quantitative estimate of drug-likeness (QED) is 0.654. The molecule has 6 nitrogen and oxygen atoms in total. The minimum absolute atomic E-state index is 0.170. The summed E-state index contributed by atoms with van der Waals surface area (Å²) in [6.07, 6.45) is 2.20. The topological polar surface area (TPSA) is 90.9 Å². The van der Waals surface area contributed by atoms with Crippen molar-refractivity contribution < 1.29 is 9.90 Å². The average Bonchev–Trinajstić information content (AvgIpc) is 2.61. The highest BCUT2D eigenvalue weighted by Gasteiger charge is 2.01. The fraction of sp³-hybridized carbons (Fsp3) is 0.125. The third-order valence-electron chi connectivity index (χ3n) is 1.73. The molecule has 0 saturated carbocycles. The Bertz CT molecular complexity index is 465. The molecule has 1 amide bonds. The number of nitrogens with one attached hydrogen (secondary N) is 2. The minimum Gasteiger partial charge on any atom is -0.465 e. The Labute approximate surface area is 79.0 Å². The van der Waals surface area contributed by atoms with Crippen molar-refractivity contribution in [2.45, 2.75) is 6.54 Å². The fourth-order valence-corrected chi connectivity index (χ4v) is 1.12. The third kappa shape index (κ3) is 1.63. The van der Waals surface area contributed by atoms with Gasteiger partial charge in [-0.05, 0) is 6.07 Å². The average molecular weight is 192 g/mol. The van der Waals surface area contributed by atoms with E-state index in [0.29, 0.717) is 11.3 Å². The van der Waals surface area contributed by atoms with Crippen molar-refractivity contribution in [2.24, 2.45) is 0 Å². The van der Waals surface area contributed by atoms with Crippen molar-refractivity contribution in [1.82, 2.24) is 20.3 Å². The lowest BCUT2D eigenvalue weighted by Crippen LogP contribution is -2.20. The van der Waals surface area contributed by atoms with E-state index in [2.05, 4.69) is 20.3 Å². The van der Waals surface area contributed by atoms with Crippen LogP contribution in [0.15, 0.2) is 18.5 Å². The highest BCUT2D eigenvalue weighted by molar-refractivity contribution is 5.70. The second-order valence-electron chi connectivity index (χ2n) is 2.73. The Morgan fingerprint density at radius 1 is 1.64 bits per heavy atom. The number of carboxylic acid groups (broad SMARTS) is 1. The number of aromatic nitrogens is 3. The molecule has 2 aromatic heterocycles. The smallest absolute Gasteiger partial charge is 0.404 e. The van der Waals surface area contributed by atoms with Gasteiger partial charge in [-0.1, -0.05) is 0 Å². The van der Waals surface area contributed by atoms with E-state index in [1.54, 1.807) is 12.3 Å². The third-order valence-corrected chi connectivity index (χ3v) is 1.73. The van der Waals surface area contributed by atoms with Crippen LogP contribution >= 0.6 is 0 Å². The summed E-state index contributed by atoms with van der Waals surface area (Å²) in [6, 6.07) is 1.78. The molecule has 0 unspecified atom stereocenters. The number of hydrogen-bond acceptors (Lipinski definition) is 3. The maximum atomic E-state index is 10.2. The van der Waals surface area contributed by atoms with Crippen molar-refractivity contribution in [3.8, 4) is 0 Å². The van der Waals surface area contributed by atoms with Gasteiger partial charge in [-0.2, -0.15) is 0 Å². The predicted molar refractivity (Wildman–Crippen MR) is 48.8 cm³/mol. The van der Waals surface area contributed by atoms with E-state index < -0.39 is 6.09 Å². The van der Waals surface area contributed by atoms with Crippen LogP contribution < -0.4 is 5.32 Å². The van der Waals surface area contributed by atoms with Gasteiger partial charge < -0.3 is 15.4 Å². The molecule has 3 N–H and O–H groups in total. The van der Waals surface area contributed by atoms with E-state index in [9.17, 15) is 4.79 Å². The minimum atomic E-state index is -1.07. The first kappa shape index (κ1) is 8.49. The molecule has 0 aliphatic carbocycles. The van der Waals surface area contributed by atoms with Crippen LogP contribution in [0, 0.1) is 0 Å². The molecule has 0 radical (unpaired) electrons. The van der Waals surface area contributed by atoms with Gasteiger partial charge in [0.15, 0.2) is 5.65 Å². The monoisotopic (exact) mass is 192 g/mol. The summed E-state index contributed by atoms with van der Waals surface area (Å²) in [4.78, 5) is 21.4. The van der Waals surface area contributed by atoms with Crippen molar-refractivity contribution in [2.75, 3.05) is 0 Å². The summed E-state index contributed by atoms with van der Waals surface area (Å²) in [6.45, 7) is 0.170. The summed E-state index contributed by atoms with van der Waals surface area (Å²) >= 11 is 0. The first-order chi connectivity index (χ1) is 6.75. The first-order valence-electron chi connectivity index (χ1n) is 4.01. The van der Waals surface area contributed by atoms with Crippen LogP contribution in [-0.2, 0) is 6.54 Å². The molecule has 2 heterocycles. The SMILES string of the molecule is O=C(O)NCc1cnc2[nH]ccc2n1. The van der Waals surface area contributed by atoms with Crippen molar-refractivity contribution in [1.29, 1.82) is 0 Å². The molecule has 0 aliphatic rings. The van der Waals surface area contributed by atoms with Crippen molar-refractivity contribution >= 4 is 17.3 Å². The Balaban J connectivity index is 2.21.